The lowest BCUT2D eigenvalue weighted by Crippen LogP contribution is -2.49. The summed E-state index contributed by atoms with van der Waals surface area (Å²) in [5.74, 6) is -1.50. The van der Waals surface area contributed by atoms with Crippen LogP contribution in [-0.2, 0) is 11.4 Å². The third kappa shape index (κ3) is 4.44. The van der Waals surface area contributed by atoms with E-state index >= 15 is 0 Å². The van der Waals surface area contributed by atoms with Crippen LogP contribution in [0.3, 0.4) is 0 Å². The van der Waals surface area contributed by atoms with Crippen LogP contribution in [-0.4, -0.2) is 27.5 Å². The minimum Gasteiger partial charge on any atom is -0.487 e. The molecule has 8 heteroatoms. The van der Waals surface area contributed by atoms with Gasteiger partial charge in [-0.15, -0.1) is 0 Å². The van der Waals surface area contributed by atoms with E-state index in [-0.39, 0.29) is 17.9 Å². The minimum absolute atomic E-state index is 0.0703. The second-order valence-corrected chi connectivity index (χ2v) is 7.74. The molecule has 0 aliphatic carbocycles. The first-order valence-corrected chi connectivity index (χ1v) is 9.44. The highest BCUT2D eigenvalue weighted by Gasteiger charge is 2.31. The van der Waals surface area contributed by atoms with Crippen molar-refractivity contribution in [1.82, 2.24) is 10.3 Å². The van der Waals surface area contributed by atoms with Crippen molar-refractivity contribution in [3.63, 3.8) is 0 Å². The topological polar surface area (TPSA) is 88.5 Å². The lowest BCUT2D eigenvalue weighted by atomic mass is 10.0. The van der Waals surface area contributed by atoms with Crippen LogP contribution >= 0.6 is 23.2 Å². The third-order valence-corrected chi connectivity index (χ3v) is 5.05. The van der Waals surface area contributed by atoms with Gasteiger partial charge in [0.05, 0.1) is 10.6 Å². The van der Waals surface area contributed by atoms with Crippen molar-refractivity contribution in [2.45, 2.75) is 26.0 Å². The summed E-state index contributed by atoms with van der Waals surface area (Å²) in [7, 11) is 0. The molecule has 0 radical (unpaired) electrons. The van der Waals surface area contributed by atoms with E-state index in [9.17, 15) is 14.7 Å². The molecule has 0 fully saturated rings. The first kappa shape index (κ1) is 20.9. The third-order valence-electron chi connectivity index (χ3n) is 4.37. The summed E-state index contributed by atoms with van der Waals surface area (Å²) in [6.45, 7) is 2.86. The average molecular weight is 433 g/mol. The zero-order valence-electron chi connectivity index (χ0n) is 15.7. The zero-order chi connectivity index (χ0) is 21.2. The molecule has 2 N–H and O–H groups in total. The maximum Gasteiger partial charge on any atom is 0.328 e. The standard InChI is InChI=1S/C21H18Cl2N2O4/c1-21(2,20(27)28)25-19(26)15-9-17(23)13-5-3-4-6-14(13)18(15)29-11-12-10-24-8-7-16(12)22/h3-10H,11H2,1-2H3,(H,25,26)(H,27,28). The van der Waals surface area contributed by atoms with Gasteiger partial charge in [0.2, 0.25) is 0 Å². The Morgan fingerprint density at radius 3 is 2.48 bits per heavy atom. The van der Waals surface area contributed by atoms with Crippen LogP contribution in [0.4, 0.5) is 0 Å². The van der Waals surface area contributed by atoms with Gasteiger partial charge in [-0.05, 0) is 26.0 Å². The van der Waals surface area contributed by atoms with Crippen molar-refractivity contribution >= 4 is 45.9 Å². The number of hydrogen-bond acceptors (Lipinski definition) is 4. The number of pyridine rings is 1. The van der Waals surface area contributed by atoms with Gasteiger partial charge in [0, 0.05) is 33.8 Å². The van der Waals surface area contributed by atoms with Gasteiger partial charge in [0.1, 0.15) is 17.9 Å². The monoisotopic (exact) mass is 432 g/mol. The number of carboxylic acids is 1. The van der Waals surface area contributed by atoms with Crippen molar-refractivity contribution in [2.75, 3.05) is 0 Å². The number of aliphatic carboxylic acids is 1. The Labute approximate surface area is 177 Å². The number of carbonyl (C=O) groups is 2. The van der Waals surface area contributed by atoms with Crippen LogP contribution in [0.15, 0.2) is 48.8 Å². The molecule has 0 saturated heterocycles. The highest BCUT2D eigenvalue weighted by Crippen LogP contribution is 2.36. The molecule has 6 nitrogen and oxygen atoms in total. The second kappa shape index (κ2) is 8.27. The van der Waals surface area contributed by atoms with Crippen molar-refractivity contribution < 1.29 is 19.4 Å². The number of carboxylic acid groups (broad SMARTS) is 1. The average Bonchev–Trinajstić information content (AvgIpc) is 2.68. The number of hydrogen-bond donors (Lipinski definition) is 2. The van der Waals surface area contributed by atoms with Crippen molar-refractivity contribution in [3.8, 4) is 5.75 Å². The normalized spacial score (nSPS) is 11.3. The Bertz CT molecular complexity index is 1100. The maximum absolute atomic E-state index is 12.9. The molecular weight excluding hydrogens is 415 g/mol. The molecule has 0 spiro atoms. The Balaban J connectivity index is 2.06. The number of amides is 1. The number of benzene rings is 2. The predicted molar refractivity (Wildman–Crippen MR) is 112 cm³/mol. The van der Waals surface area contributed by atoms with E-state index in [1.54, 1.807) is 30.6 Å². The first-order chi connectivity index (χ1) is 13.7. The van der Waals surface area contributed by atoms with E-state index in [2.05, 4.69) is 10.3 Å². The molecule has 2 aromatic carbocycles. The number of rotatable bonds is 6. The number of fused-ring (bicyclic) bond motifs is 1. The fraction of sp³-hybridized carbons (Fsp3) is 0.190. The van der Waals surface area contributed by atoms with Gasteiger partial charge in [-0.3, -0.25) is 9.78 Å². The molecule has 0 atom stereocenters. The fourth-order valence-electron chi connectivity index (χ4n) is 2.70. The quantitative estimate of drug-likeness (QED) is 0.588. The van der Waals surface area contributed by atoms with Crippen molar-refractivity contribution in [3.05, 3.63) is 70.0 Å². The Hall–Kier alpha value is -2.83. The van der Waals surface area contributed by atoms with Gasteiger partial charge in [-0.25, -0.2) is 4.79 Å². The van der Waals surface area contributed by atoms with Crippen molar-refractivity contribution in [1.29, 1.82) is 0 Å². The Morgan fingerprint density at radius 2 is 1.83 bits per heavy atom. The molecule has 1 aromatic heterocycles. The molecule has 0 bridgehead atoms. The maximum atomic E-state index is 12.9. The molecule has 3 rings (SSSR count). The van der Waals surface area contributed by atoms with Crippen LogP contribution in [0.1, 0.15) is 29.8 Å². The number of nitrogens with zero attached hydrogens (tertiary/aromatic N) is 1. The Morgan fingerprint density at radius 1 is 1.14 bits per heavy atom. The minimum atomic E-state index is -1.47. The zero-order valence-corrected chi connectivity index (χ0v) is 17.2. The van der Waals surface area contributed by atoms with Gasteiger partial charge >= 0.3 is 5.97 Å². The van der Waals surface area contributed by atoms with Crippen LogP contribution < -0.4 is 10.1 Å². The van der Waals surface area contributed by atoms with E-state index < -0.39 is 17.4 Å². The predicted octanol–water partition coefficient (Wildman–Crippen LogP) is 4.71. The summed E-state index contributed by atoms with van der Waals surface area (Å²) in [5, 5.41) is 14.0. The molecular formula is C21H18Cl2N2O4. The summed E-state index contributed by atoms with van der Waals surface area (Å²) in [6, 6.07) is 10.3. The highest BCUT2D eigenvalue weighted by molar-refractivity contribution is 6.36. The molecule has 0 aliphatic rings. The molecule has 1 amide bonds. The van der Waals surface area contributed by atoms with Crippen LogP contribution in [0.2, 0.25) is 10.0 Å². The summed E-state index contributed by atoms with van der Waals surface area (Å²) >= 11 is 12.5. The summed E-state index contributed by atoms with van der Waals surface area (Å²) < 4.78 is 5.98. The van der Waals surface area contributed by atoms with Crippen LogP contribution in [0.25, 0.3) is 10.8 Å². The first-order valence-electron chi connectivity index (χ1n) is 8.69. The Kier molecular flexibility index (Phi) is 5.96. The van der Waals surface area contributed by atoms with E-state index in [0.717, 1.165) is 0 Å². The highest BCUT2D eigenvalue weighted by atomic mass is 35.5. The number of carbonyl (C=O) groups excluding carboxylic acids is 1. The number of nitrogens with one attached hydrogen (secondary N) is 1. The molecule has 150 valence electrons. The largest absolute Gasteiger partial charge is 0.487 e. The van der Waals surface area contributed by atoms with E-state index in [1.165, 1.54) is 19.9 Å². The van der Waals surface area contributed by atoms with E-state index in [1.807, 2.05) is 12.1 Å². The summed E-state index contributed by atoms with van der Waals surface area (Å²) in [4.78, 5) is 28.3. The van der Waals surface area contributed by atoms with E-state index in [4.69, 9.17) is 27.9 Å². The van der Waals surface area contributed by atoms with Gasteiger partial charge < -0.3 is 15.2 Å². The number of ether oxygens (including phenoxy) is 1. The van der Waals surface area contributed by atoms with Gasteiger partial charge in [0.25, 0.3) is 5.91 Å². The van der Waals surface area contributed by atoms with Gasteiger partial charge in [0.15, 0.2) is 0 Å². The van der Waals surface area contributed by atoms with Crippen LogP contribution in [0, 0.1) is 0 Å². The molecule has 1 heterocycles. The smallest absolute Gasteiger partial charge is 0.328 e. The molecule has 29 heavy (non-hydrogen) atoms. The number of halogens is 2. The van der Waals surface area contributed by atoms with Gasteiger partial charge in [-0.1, -0.05) is 47.5 Å². The summed E-state index contributed by atoms with van der Waals surface area (Å²) in [5.41, 5.74) is -0.701. The number of aromatic nitrogens is 1. The van der Waals surface area contributed by atoms with Gasteiger partial charge in [-0.2, -0.15) is 0 Å². The fourth-order valence-corrected chi connectivity index (χ4v) is 3.13. The lowest BCUT2D eigenvalue weighted by Gasteiger charge is -2.22. The summed E-state index contributed by atoms with van der Waals surface area (Å²) in [6.07, 6.45) is 3.14. The SMILES string of the molecule is CC(C)(NC(=O)c1cc(Cl)c2ccccc2c1OCc1cnccc1Cl)C(=O)O. The van der Waals surface area contributed by atoms with E-state index in [0.29, 0.717) is 26.4 Å². The molecule has 0 unspecified atom stereocenters. The molecule has 3 aromatic rings. The van der Waals surface area contributed by atoms with Crippen molar-refractivity contribution in [2.24, 2.45) is 0 Å². The molecule has 0 aliphatic heterocycles. The second-order valence-electron chi connectivity index (χ2n) is 6.92. The van der Waals surface area contributed by atoms with Crippen LogP contribution in [0.5, 0.6) is 5.75 Å². The molecule has 0 saturated carbocycles. The lowest BCUT2D eigenvalue weighted by molar-refractivity contribution is -0.143.